The molecule has 5 heteroatoms. The molecule has 0 saturated carbocycles. The van der Waals surface area contributed by atoms with Crippen molar-refractivity contribution < 1.29 is 18.0 Å². The predicted molar refractivity (Wildman–Crippen MR) is 70.6 cm³/mol. The van der Waals surface area contributed by atoms with E-state index < -0.39 is 8.80 Å². The van der Waals surface area contributed by atoms with E-state index in [1.807, 2.05) is 41.5 Å². The molecular weight excluding hydrogens is 236 g/mol. The van der Waals surface area contributed by atoms with E-state index in [1.54, 1.807) is 6.26 Å². The minimum atomic E-state index is -2.73. The number of allylic oxidation sites excluding steroid dienone is 1. The van der Waals surface area contributed by atoms with E-state index >= 15 is 0 Å². The molecule has 0 fully saturated rings. The summed E-state index contributed by atoms with van der Waals surface area (Å²) >= 11 is 0. The van der Waals surface area contributed by atoms with Gasteiger partial charge in [0.2, 0.25) is 0 Å². The monoisotopic (exact) mass is 262 g/mol. The Morgan fingerprint density at radius 2 is 1.41 bits per heavy atom. The zero-order valence-corrected chi connectivity index (χ0v) is 12.9. The molecule has 0 aliphatic carbocycles. The van der Waals surface area contributed by atoms with Crippen molar-refractivity contribution in [2.24, 2.45) is 0 Å². The summed E-state index contributed by atoms with van der Waals surface area (Å²) in [5.41, 5.74) is 0.904. The van der Waals surface area contributed by atoms with Crippen LogP contribution in [0.5, 0.6) is 0 Å². The molecule has 0 saturated heterocycles. The molecule has 0 rings (SSSR count). The Hall–Kier alpha value is -0.363. The van der Waals surface area contributed by atoms with Crippen molar-refractivity contribution in [2.45, 2.75) is 47.3 Å². The van der Waals surface area contributed by atoms with E-state index in [0.717, 1.165) is 5.57 Å². The molecule has 0 spiro atoms. The fourth-order valence-corrected chi connectivity index (χ4v) is 3.80. The topological polar surface area (TPSA) is 36.9 Å². The first kappa shape index (κ1) is 16.6. The molecule has 0 aliphatic heterocycles. The fourth-order valence-electron chi connectivity index (χ4n) is 1.40. The van der Waals surface area contributed by atoms with Gasteiger partial charge in [0, 0.05) is 19.8 Å². The maximum atomic E-state index is 5.74. The largest absolute Gasteiger partial charge is 0.543 e. The SMILES string of the molecule is CCO[Si](OCC)(OCC)C(C)OC=C(C)C. The second-order valence-electron chi connectivity index (χ2n) is 3.88. The summed E-state index contributed by atoms with van der Waals surface area (Å²) in [6.07, 6.45) is 1.73. The second-order valence-corrected chi connectivity index (χ2v) is 6.76. The quantitative estimate of drug-likeness (QED) is 0.473. The molecule has 0 aliphatic rings. The van der Waals surface area contributed by atoms with Gasteiger partial charge in [-0.25, -0.2) is 0 Å². The molecular formula is C12H26O4Si. The molecule has 0 amide bonds. The van der Waals surface area contributed by atoms with Crippen LogP contribution >= 0.6 is 0 Å². The average Bonchev–Trinajstić information content (AvgIpc) is 2.26. The van der Waals surface area contributed by atoms with E-state index in [4.69, 9.17) is 18.0 Å². The lowest BCUT2D eigenvalue weighted by atomic mass is 10.4. The predicted octanol–water partition coefficient (Wildman–Crippen LogP) is 2.90. The third kappa shape index (κ3) is 5.67. The first-order chi connectivity index (χ1) is 8.02. The van der Waals surface area contributed by atoms with Crippen molar-refractivity contribution in [1.82, 2.24) is 0 Å². The van der Waals surface area contributed by atoms with Crippen molar-refractivity contribution in [3.8, 4) is 0 Å². The lowest BCUT2D eigenvalue weighted by Crippen LogP contribution is -2.56. The Bertz CT molecular complexity index is 210. The van der Waals surface area contributed by atoms with Gasteiger partial charge in [-0.3, -0.25) is 0 Å². The molecule has 0 radical (unpaired) electrons. The fraction of sp³-hybridized carbons (Fsp3) is 0.833. The summed E-state index contributed by atoms with van der Waals surface area (Å²) in [6, 6.07) is 0. The molecule has 17 heavy (non-hydrogen) atoms. The number of hydrogen-bond donors (Lipinski definition) is 0. The van der Waals surface area contributed by atoms with E-state index in [1.165, 1.54) is 0 Å². The highest BCUT2D eigenvalue weighted by atomic mass is 28.4. The van der Waals surface area contributed by atoms with Gasteiger partial charge in [-0.1, -0.05) is 0 Å². The highest BCUT2D eigenvalue weighted by Crippen LogP contribution is 2.18. The van der Waals surface area contributed by atoms with Gasteiger partial charge in [0.1, 0.15) is 0 Å². The molecule has 0 bridgehead atoms. The average molecular weight is 262 g/mol. The summed E-state index contributed by atoms with van der Waals surface area (Å²) in [5.74, 6) is 0. The Balaban J connectivity index is 4.76. The third-order valence-corrected chi connectivity index (χ3v) is 5.25. The van der Waals surface area contributed by atoms with E-state index in [2.05, 4.69) is 0 Å². The zero-order valence-electron chi connectivity index (χ0n) is 11.9. The van der Waals surface area contributed by atoms with Crippen molar-refractivity contribution in [3.05, 3.63) is 11.8 Å². The van der Waals surface area contributed by atoms with Crippen LogP contribution in [0.3, 0.4) is 0 Å². The van der Waals surface area contributed by atoms with Crippen molar-refractivity contribution in [3.63, 3.8) is 0 Å². The van der Waals surface area contributed by atoms with E-state index in [0.29, 0.717) is 19.8 Å². The molecule has 1 unspecified atom stereocenters. The van der Waals surface area contributed by atoms with Crippen LogP contribution in [0.15, 0.2) is 11.8 Å². The smallest absolute Gasteiger partial charge is 0.494 e. The van der Waals surface area contributed by atoms with Crippen LogP contribution in [0.1, 0.15) is 41.5 Å². The molecule has 0 heterocycles. The van der Waals surface area contributed by atoms with Crippen LogP contribution in [-0.4, -0.2) is 34.4 Å². The van der Waals surface area contributed by atoms with Gasteiger partial charge in [0.05, 0.1) is 6.26 Å². The van der Waals surface area contributed by atoms with E-state index in [-0.39, 0.29) is 5.73 Å². The van der Waals surface area contributed by atoms with Crippen LogP contribution < -0.4 is 0 Å². The summed E-state index contributed by atoms with van der Waals surface area (Å²) in [7, 11) is -2.73. The van der Waals surface area contributed by atoms with Crippen molar-refractivity contribution in [1.29, 1.82) is 0 Å². The molecule has 4 nitrogen and oxygen atoms in total. The minimum Gasteiger partial charge on any atom is -0.494 e. The van der Waals surface area contributed by atoms with Gasteiger partial charge >= 0.3 is 8.80 Å². The Kier molecular flexibility index (Phi) is 8.50. The molecule has 0 aromatic heterocycles. The van der Waals surface area contributed by atoms with Crippen LogP contribution in [0.2, 0.25) is 0 Å². The van der Waals surface area contributed by atoms with Crippen LogP contribution in [0.25, 0.3) is 0 Å². The maximum absolute atomic E-state index is 5.74. The molecule has 0 aromatic carbocycles. The molecule has 0 aromatic rings. The van der Waals surface area contributed by atoms with Gasteiger partial charge in [-0.05, 0) is 47.1 Å². The summed E-state index contributed by atoms with van der Waals surface area (Å²) in [6.45, 7) is 13.4. The van der Waals surface area contributed by atoms with Gasteiger partial charge in [-0.15, -0.1) is 0 Å². The van der Waals surface area contributed by atoms with Gasteiger partial charge in [0.15, 0.2) is 5.73 Å². The normalized spacial score (nSPS) is 13.3. The molecule has 102 valence electrons. The first-order valence-corrected chi connectivity index (χ1v) is 8.03. The zero-order chi connectivity index (χ0) is 13.3. The number of rotatable bonds is 9. The standard InChI is InChI=1S/C12H26O4Si/c1-7-14-17(15-8-2,16-9-3)12(6)13-10-11(4)5/h10,12H,7-9H2,1-6H3. The summed E-state index contributed by atoms with van der Waals surface area (Å²) < 4.78 is 22.9. The molecule has 0 N–H and O–H groups in total. The van der Waals surface area contributed by atoms with Gasteiger partial charge in [-0.2, -0.15) is 0 Å². The van der Waals surface area contributed by atoms with Crippen LogP contribution in [0.4, 0.5) is 0 Å². The highest BCUT2D eigenvalue weighted by molar-refractivity contribution is 6.62. The lowest BCUT2D eigenvalue weighted by Gasteiger charge is -2.32. The highest BCUT2D eigenvalue weighted by Gasteiger charge is 2.48. The number of ether oxygens (including phenoxy) is 1. The van der Waals surface area contributed by atoms with Crippen molar-refractivity contribution in [2.75, 3.05) is 19.8 Å². The van der Waals surface area contributed by atoms with Gasteiger partial charge in [0.25, 0.3) is 0 Å². The van der Waals surface area contributed by atoms with Crippen LogP contribution in [0, 0.1) is 0 Å². The maximum Gasteiger partial charge on any atom is 0.543 e. The van der Waals surface area contributed by atoms with Crippen LogP contribution in [-0.2, 0) is 18.0 Å². The minimum absolute atomic E-state index is 0.197. The van der Waals surface area contributed by atoms with Crippen molar-refractivity contribution >= 4 is 8.80 Å². The van der Waals surface area contributed by atoms with Gasteiger partial charge < -0.3 is 18.0 Å². The first-order valence-electron chi connectivity index (χ1n) is 6.23. The molecule has 1 atom stereocenters. The summed E-state index contributed by atoms with van der Waals surface area (Å²) in [4.78, 5) is 0. The third-order valence-electron chi connectivity index (χ3n) is 2.04. The Morgan fingerprint density at radius 3 is 1.71 bits per heavy atom. The van der Waals surface area contributed by atoms with E-state index in [9.17, 15) is 0 Å². The number of hydrogen-bond acceptors (Lipinski definition) is 4. The Labute approximate surface area is 106 Å². The summed E-state index contributed by atoms with van der Waals surface area (Å²) in [5, 5.41) is 0. The second kappa shape index (κ2) is 8.69. The Morgan fingerprint density at radius 1 is 1.00 bits per heavy atom. The lowest BCUT2D eigenvalue weighted by molar-refractivity contribution is 0.0221.